The number of rotatable bonds is 9. The van der Waals surface area contributed by atoms with Crippen LogP contribution in [0.1, 0.15) is 11.8 Å². The number of aliphatic hydroxyl groups is 6. The minimum atomic E-state index is -5.91. The topological polar surface area (TPSA) is 303 Å². The smallest absolute Gasteiger partial charge is 0.330 e. The van der Waals surface area contributed by atoms with Gasteiger partial charge < -0.3 is 54.4 Å². The fourth-order valence-electron chi connectivity index (χ4n) is 3.48. The van der Waals surface area contributed by atoms with E-state index in [4.69, 9.17) is 14.6 Å². The summed E-state index contributed by atoms with van der Waals surface area (Å²) in [6.45, 7) is -0.711. The van der Waals surface area contributed by atoms with E-state index in [0.29, 0.717) is 0 Å². The van der Waals surface area contributed by atoms with Crippen LogP contribution in [0.2, 0.25) is 0 Å². The van der Waals surface area contributed by atoms with Gasteiger partial charge in [-0.15, -0.1) is 0 Å². The lowest BCUT2D eigenvalue weighted by Crippen LogP contribution is -2.59. The van der Waals surface area contributed by atoms with E-state index in [0.717, 1.165) is 10.8 Å². The van der Waals surface area contributed by atoms with Crippen molar-refractivity contribution in [3.63, 3.8) is 0 Å². The molecule has 3 rings (SSSR count). The third-order valence-corrected chi connectivity index (χ3v) is 7.97. The summed E-state index contributed by atoms with van der Waals surface area (Å²) < 4.78 is 47.3. The summed E-state index contributed by atoms with van der Waals surface area (Å²) >= 11 is 0. The van der Waals surface area contributed by atoms with Gasteiger partial charge in [-0.1, -0.05) is 0 Å². The molecule has 0 amide bonds. The van der Waals surface area contributed by atoms with Crippen LogP contribution in [0.5, 0.6) is 0 Å². The van der Waals surface area contributed by atoms with Crippen molar-refractivity contribution in [3.8, 4) is 0 Å². The van der Waals surface area contributed by atoms with Gasteiger partial charge in [-0.3, -0.25) is 28.0 Å². The van der Waals surface area contributed by atoms with E-state index >= 15 is 0 Å². The number of hydrogen-bond acceptors (Lipinski definition) is 17. The molecule has 0 spiro atoms. The lowest BCUT2D eigenvalue weighted by molar-refractivity contribution is -0.305. The number of aryl methyl sites for hydroxylation is 1. The number of aliphatic hydroxyl groups excluding tert-OH is 6. The fraction of sp³-hybridized carbons (Fsp3) is 0.750. The highest BCUT2D eigenvalue weighted by atomic mass is 31.3. The second-order valence-electron chi connectivity index (χ2n) is 8.10. The van der Waals surface area contributed by atoms with Crippen molar-refractivity contribution in [2.45, 2.75) is 62.2 Å². The number of hydrogen-bond donors (Lipinski definition) is 7. The molecule has 0 saturated carbocycles. The number of phosphoric acid groups is 2. The maximum atomic E-state index is 12.0. The van der Waals surface area contributed by atoms with E-state index in [1.807, 2.05) is 4.98 Å². The van der Waals surface area contributed by atoms with Crippen molar-refractivity contribution in [1.29, 1.82) is 0 Å². The standard InChI is InChI=1S/C16H26N2O17P2/c1-5-2-18(16(26)17-13(5)25)14-11(23)9(21)7(32-14)4-31-36(27,28)35-37(29,30)34-15-12(24)10(22)8(20)6(3-19)33-15/h2,6-12,14-15,19-24H,3-4H2,1H3,(H,27,28)(H,29,30)(H,17,25,26)/p-2/t6-,7-,8-,9-,10+,11-,12-,14-,15-/m1/s1. The van der Waals surface area contributed by atoms with Crippen LogP contribution in [-0.4, -0.2) is 102 Å². The molecule has 2 unspecified atom stereocenters. The molecule has 1 aromatic heterocycles. The number of ether oxygens (including phenoxy) is 2. The van der Waals surface area contributed by atoms with Crippen molar-refractivity contribution < 1.29 is 72.4 Å². The van der Waals surface area contributed by atoms with E-state index in [2.05, 4.69) is 13.4 Å². The van der Waals surface area contributed by atoms with E-state index in [9.17, 15) is 54.0 Å². The van der Waals surface area contributed by atoms with E-state index < -0.39 is 95.4 Å². The van der Waals surface area contributed by atoms with Gasteiger partial charge in [0.1, 0.15) is 42.7 Å². The Balaban J connectivity index is 1.63. The van der Waals surface area contributed by atoms with Gasteiger partial charge in [0.2, 0.25) is 0 Å². The van der Waals surface area contributed by atoms with Crippen molar-refractivity contribution >= 4 is 15.6 Å². The Morgan fingerprint density at radius 3 is 2.22 bits per heavy atom. The van der Waals surface area contributed by atoms with Crippen molar-refractivity contribution in [2.75, 3.05) is 13.2 Å². The Hall–Kier alpha value is -1.38. The summed E-state index contributed by atoms with van der Waals surface area (Å²) in [5.41, 5.74) is -1.68. The second kappa shape index (κ2) is 11.4. The predicted octanol–water partition coefficient (Wildman–Crippen LogP) is -5.75. The molecular weight excluding hydrogens is 554 g/mol. The molecule has 7 N–H and O–H groups in total. The van der Waals surface area contributed by atoms with Gasteiger partial charge in [0.05, 0.1) is 13.2 Å². The number of nitrogens with one attached hydrogen (secondary N) is 1. The molecule has 2 fully saturated rings. The zero-order valence-corrected chi connectivity index (χ0v) is 20.5. The summed E-state index contributed by atoms with van der Waals surface area (Å²) in [5, 5.41) is 58.6. The first kappa shape index (κ1) is 30.2. The Morgan fingerprint density at radius 1 is 0.973 bits per heavy atom. The molecule has 212 valence electrons. The van der Waals surface area contributed by atoms with Crippen LogP contribution < -0.4 is 21.0 Å². The summed E-state index contributed by atoms with van der Waals surface area (Å²) in [6, 6.07) is 0. The SMILES string of the molecule is Cc1cn([C@@H]2O[C@H](COP(=O)([O-])OP(=O)([O-])O[C@H]3O[C@H](CO)[C@@H](O)[C@H](O)[C@H]3O)[C@@H](O)[C@H]2O)c(=O)[nH]c1=O. The summed E-state index contributed by atoms with van der Waals surface area (Å²) in [6.07, 6.45) is -15.8. The molecule has 0 aromatic carbocycles. The van der Waals surface area contributed by atoms with Crippen LogP contribution >= 0.6 is 15.6 Å². The molecule has 0 aliphatic carbocycles. The third kappa shape index (κ3) is 6.80. The molecule has 2 saturated heterocycles. The van der Waals surface area contributed by atoms with Gasteiger partial charge >= 0.3 is 5.69 Å². The maximum absolute atomic E-state index is 12.0. The van der Waals surface area contributed by atoms with E-state index in [1.54, 1.807) is 0 Å². The lowest BCUT2D eigenvalue weighted by Gasteiger charge is -2.41. The minimum absolute atomic E-state index is 0.0487. The summed E-state index contributed by atoms with van der Waals surface area (Å²) in [7, 11) is -11.7. The Kier molecular flexibility index (Phi) is 9.28. The molecule has 37 heavy (non-hydrogen) atoms. The third-order valence-electron chi connectivity index (χ3n) is 5.44. The Bertz CT molecular complexity index is 1170. The monoisotopic (exact) mass is 578 g/mol. The minimum Gasteiger partial charge on any atom is -0.756 e. The highest BCUT2D eigenvalue weighted by Crippen LogP contribution is 2.57. The molecule has 11 atom stereocenters. The predicted molar refractivity (Wildman–Crippen MR) is 109 cm³/mol. The van der Waals surface area contributed by atoms with E-state index in [1.165, 1.54) is 6.92 Å². The van der Waals surface area contributed by atoms with Crippen LogP contribution in [0.25, 0.3) is 0 Å². The number of nitrogens with zero attached hydrogens (tertiary/aromatic N) is 1. The number of phosphoric ester groups is 2. The molecular formula is C16H24N2O17P2-2. The average molecular weight is 578 g/mol. The van der Waals surface area contributed by atoms with Gasteiger partial charge in [-0.05, 0) is 6.92 Å². The van der Waals surface area contributed by atoms with Crippen LogP contribution in [0.15, 0.2) is 15.8 Å². The zero-order valence-electron chi connectivity index (χ0n) is 18.7. The normalized spacial score (nSPS) is 37.7. The van der Waals surface area contributed by atoms with Gasteiger partial charge in [-0.25, -0.2) is 9.11 Å². The molecule has 0 radical (unpaired) electrons. The van der Waals surface area contributed by atoms with Crippen molar-refractivity contribution in [2.24, 2.45) is 0 Å². The van der Waals surface area contributed by atoms with Gasteiger partial charge in [0.25, 0.3) is 21.2 Å². The first-order valence-electron chi connectivity index (χ1n) is 10.4. The summed E-state index contributed by atoms with van der Waals surface area (Å²) in [5.74, 6) is 0. The first-order valence-corrected chi connectivity index (χ1v) is 13.3. The summed E-state index contributed by atoms with van der Waals surface area (Å²) in [4.78, 5) is 49.6. The first-order chi connectivity index (χ1) is 17.1. The van der Waals surface area contributed by atoms with Gasteiger partial charge in [0, 0.05) is 11.8 Å². The Morgan fingerprint density at radius 2 is 1.59 bits per heavy atom. The van der Waals surface area contributed by atoms with Crippen LogP contribution in [0.4, 0.5) is 0 Å². The van der Waals surface area contributed by atoms with Crippen molar-refractivity contribution in [3.05, 3.63) is 32.6 Å². The molecule has 21 heteroatoms. The van der Waals surface area contributed by atoms with Crippen molar-refractivity contribution in [1.82, 2.24) is 9.55 Å². The second-order valence-corrected chi connectivity index (χ2v) is 11.0. The van der Waals surface area contributed by atoms with E-state index in [-0.39, 0.29) is 5.56 Å². The molecule has 3 heterocycles. The molecule has 0 bridgehead atoms. The molecule has 2 aliphatic heterocycles. The maximum Gasteiger partial charge on any atom is 0.330 e. The lowest BCUT2D eigenvalue weighted by atomic mass is 10.00. The molecule has 1 aromatic rings. The number of aromatic nitrogens is 2. The molecule has 19 nitrogen and oxygen atoms in total. The van der Waals surface area contributed by atoms with Crippen LogP contribution in [0.3, 0.4) is 0 Å². The number of aromatic amines is 1. The quantitative estimate of drug-likeness (QED) is 0.134. The fourth-order valence-corrected chi connectivity index (χ4v) is 5.56. The van der Waals surface area contributed by atoms with Gasteiger partial charge in [0.15, 0.2) is 12.5 Å². The average Bonchev–Trinajstić information content (AvgIpc) is 3.08. The highest BCUT2D eigenvalue weighted by Gasteiger charge is 2.47. The largest absolute Gasteiger partial charge is 0.756 e. The Labute approximate surface area is 206 Å². The zero-order chi connectivity index (χ0) is 27.9. The highest BCUT2D eigenvalue weighted by molar-refractivity contribution is 7.59. The number of H-pyrrole nitrogens is 1. The van der Waals surface area contributed by atoms with Gasteiger partial charge in [-0.2, -0.15) is 0 Å². The molecule has 2 aliphatic rings. The van der Waals surface area contributed by atoms with Crippen LogP contribution in [0, 0.1) is 6.92 Å². The van der Waals surface area contributed by atoms with Crippen LogP contribution in [-0.2, 0) is 32.0 Å².